The summed E-state index contributed by atoms with van der Waals surface area (Å²) in [5.74, 6) is 1.14. The van der Waals surface area contributed by atoms with Crippen molar-refractivity contribution in [3.05, 3.63) is 65.4 Å². The summed E-state index contributed by atoms with van der Waals surface area (Å²) >= 11 is 1.72. The second kappa shape index (κ2) is 6.01. The molecule has 5 heteroatoms. The molecule has 23 heavy (non-hydrogen) atoms. The van der Waals surface area contributed by atoms with Gasteiger partial charge in [-0.25, -0.2) is 4.98 Å². The highest BCUT2D eigenvalue weighted by Crippen LogP contribution is 2.27. The highest BCUT2D eigenvalue weighted by molar-refractivity contribution is 7.13. The maximum absolute atomic E-state index is 12.5. The van der Waals surface area contributed by atoms with Crippen molar-refractivity contribution in [2.45, 2.75) is 19.5 Å². The van der Waals surface area contributed by atoms with Gasteiger partial charge < -0.3 is 9.47 Å². The normalized spacial score (nSPS) is 13.8. The number of amides is 1. The monoisotopic (exact) mass is 323 g/mol. The van der Waals surface area contributed by atoms with E-state index in [1.165, 1.54) is 4.88 Å². The van der Waals surface area contributed by atoms with Gasteiger partial charge in [0, 0.05) is 13.1 Å². The van der Waals surface area contributed by atoms with E-state index in [0.29, 0.717) is 13.0 Å². The molecule has 0 radical (unpaired) electrons. The number of rotatable bonds is 3. The molecule has 1 amide bonds. The molecule has 4 rings (SSSR count). The van der Waals surface area contributed by atoms with Gasteiger partial charge in [0.1, 0.15) is 5.82 Å². The third-order valence-electron chi connectivity index (χ3n) is 4.19. The lowest BCUT2D eigenvalue weighted by Crippen LogP contribution is -2.39. The molecule has 0 bridgehead atoms. The first-order valence-corrected chi connectivity index (χ1v) is 8.59. The maximum Gasteiger partial charge on any atom is 0.227 e. The molecule has 3 heterocycles. The minimum atomic E-state index is 0.170. The predicted molar refractivity (Wildman–Crippen MR) is 91.1 cm³/mol. The minimum Gasteiger partial charge on any atom is -0.333 e. The van der Waals surface area contributed by atoms with Crippen molar-refractivity contribution < 1.29 is 4.79 Å². The lowest BCUT2D eigenvalue weighted by molar-refractivity contribution is -0.132. The fourth-order valence-electron chi connectivity index (χ4n) is 2.98. The van der Waals surface area contributed by atoms with Crippen LogP contribution >= 0.6 is 11.3 Å². The largest absolute Gasteiger partial charge is 0.333 e. The molecule has 0 unspecified atom stereocenters. The molecule has 1 aliphatic heterocycles. The van der Waals surface area contributed by atoms with Gasteiger partial charge in [0.2, 0.25) is 5.91 Å². The zero-order valence-corrected chi connectivity index (χ0v) is 13.5. The summed E-state index contributed by atoms with van der Waals surface area (Å²) in [6.07, 6.45) is 2.38. The van der Waals surface area contributed by atoms with Crippen LogP contribution in [-0.4, -0.2) is 26.9 Å². The number of carbonyl (C=O) groups excluding carboxylic acids is 1. The van der Waals surface area contributed by atoms with Crippen LogP contribution in [0.2, 0.25) is 0 Å². The number of aromatic nitrogens is 2. The zero-order valence-electron chi connectivity index (χ0n) is 12.7. The number of hydrogen-bond donors (Lipinski definition) is 0. The highest BCUT2D eigenvalue weighted by atomic mass is 32.1. The van der Waals surface area contributed by atoms with Crippen LogP contribution in [0.3, 0.4) is 0 Å². The van der Waals surface area contributed by atoms with E-state index in [9.17, 15) is 4.79 Å². The summed E-state index contributed by atoms with van der Waals surface area (Å²) in [5, 5.41) is 2.08. The summed E-state index contributed by atoms with van der Waals surface area (Å²) in [5.41, 5.74) is 2.22. The van der Waals surface area contributed by atoms with E-state index in [4.69, 9.17) is 0 Å². The molecule has 0 fully saturated rings. The van der Waals surface area contributed by atoms with Crippen molar-refractivity contribution in [3.8, 4) is 10.6 Å². The fourth-order valence-corrected chi connectivity index (χ4v) is 3.72. The van der Waals surface area contributed by atoms with Gasteiger partial charge in [-0.1, -0.05) is 36.4 Å². The molecule has 0 atom stereocenters. The number of benzene rings is 1. The number of carbonyl (C=O) groups is 1. The first kappa shape index (κ1) is 14.2. The molecular formula is C18H17N3OS. The number of thiophene rings is 1. The molecule has 1 aromatic carbocycles. The molecule has 0 N–H and O–H groups in total. The molecule has 4 nitrogen and oxygen atoms in total. The SMILES string of the molecule is O=C(Cc1ccccc1)N1CCn2c(-c3cccs3)cnc2C1. The summed E-state index contributed by atoms with van der Waals surface area (Å²) < 4.78 is 2.23. The zero-order chi connectivity index (χ0) is 15.6. The predicted octanol–water partition coefficient (Wildman–Crippen LogP) is 3.20. The molecular weight excluding hydrogens is 306 g/mol. The Morgan fingerprint density at radius 2 is 2.00 bits per heavy atom. The number of hydrogen-bond acceptors (Lipinski definition) is 3. The first-order chi connectivity index (χ1) is 11.3. The van der Waals surface area contributed by atoms with Crippen molar-refractivity contribution in [1.82, 2.24) is 14.5 Å². The second-order valence-corrected chi connectivity index (χ2v) is 6.61. The van der Waals surface area contributed by atoms with Crippen LogP contribution in [0.1, 0.15) is 11.4 Å². The molecule has 0 aliphatic carbocycles. The molecule has 2 aromatic heterocycles. The highest BCUT2D eigenvalue weighted by Gasteiger charge is 2.24. The summed E-state index contributed by atoms with van der Waals surface area (Å²) in [4.78, 5) is 20.2. The van der Waals surface area contributed by atoms with Gasteiger partial charge in [-0.2, -0.15) is 0 Å². The number of fused-ring (bicyclic) bond motifs is 1. The van der Waals surface area contributed by atoms with E-state index in [1.807, 2.05) is 41.4 Å². The summed E-state index contributed by atoms with van der Waals surface area (Å²) in [7, 11) is 0. The summed E-state index contributed by atoms with van der Waals surface area (Å²) in [6.45, 7) is 2.15. The minimum absolute atomic E-state index is 0.170. The van der Waals surface area contributed by atoms with E-state index in [-0.39, 0.29) is 5.91 Å². The van der Waals surface area contributed by atoms with Gasteiger partial charge >= 0.3 is 0 Å². The van der Waals surface area contributed by atoms with Gasteiger partial charge in [-0.05, 0) is 17.0 Å². The maximum atomic E-state index is 12.5. The van der Waals surface area contributed by atoms with Crippen LogP contribution in [0.5, 0.6) is 0 Å². The Morgan fingerprint density at radius 3 is 2.78 bits per heavy atom. The van der Waals surface area contributed by atoms with E-state index >= 15 is 0 Å². The average Bonchev–Trinajstić information content (AvgIpc) is 3.24. The van der Waals surface area contributed by atoms with E-state index in [2.05, 4.69) is 27.1 Å². The van der Waals surface area contributed by atoms with Crippen LogP contribution in [0.25, 0.3) is 10.6 Å². The quantitative estimate of drug-likeness (QED) is 0.742. The van der Waals surface area contributed by atoms with E-state index in [0.717, 1.165) is 30.2 Å². The molecule has 3 aromatic rings. The lowest BCUT2D eigenvalue weighted by atomic mass is 10.1. The topological polar surface area (TPSA) is 38.1 Å². The average molecular weight is 323 g/mol. The van der Waals surface area contributed by atoms with Gasteiger partial charge in [-0.15, -0.1) is 11.3 Å². The Balaban J connectivity index is 1.50. The standard InChI is InChI=1S/C18H17N3OS/c22-18(11-14-5-2-1-3-6-14)20-8-9-21-15(12-19-17(21)13-20)16-7-4-10-23-16/h1-7,10,12H,8-9,11,13H2. The van der Waals surface area contributed by atoms with Gasteiger partial charge in [-0.3, -0.25) is 4.79 Å². The summed E-state index contributed by atoms with van der Waals surface area (Å²) in [6, 6.07) is 14.1. The molecule has 0 saturated carbocycles. The molecule has 116 valence electrons. The first-order valence-electron chi connectivity index (χ1n) is 7.71. The lowest BCUT2D eigenvalue weighted by Gasteiger charge is -2.28. The molecule has 0 spiro atoms. The smallest absolute Gasteiger partial charge is 0.227 e. The molecule has 1 aliphatic rings. The van der Waals surface area contributed by atoms with Crippen LogP contribution in [0, 0.1) is 0 Å². The van der Waals surface area contributed by atoms with E-state index < -0.39 is 0 Å². The van der Waals surface area contributed by atoms with Crippen molar-refractivity contribution in [2.75, 3.05) is 6.54 Å². The van der Waals surface area contributed by atoms with Gasteiger partial charge in [0.15, 0.2) is 0 Å². The number of imidazole rings is 1. The fraction of sp³-hybridized carbons (Fsp3) is 0.222. The van der Waals surface area contributed by atoms with Crippen LogP contribution in [0.15, 0.2) is 54.0 Å². The van der Waals surface area contributed by atoms with Crippen LogP contribution < -0.4 is 0 Å². The third kappa shape index (κ3) is 2.80. The molecule has 0 saturated heterocycles. The van der Waals surface area contributed by atoms with Gasteiger partial charge in [0.05, 0.1) is 29.7 Å². The van der Waals surface area contributed by atoms with Crippen molar-refractivity contribution in [2.24, 2.45) is 0 Å². The Kier molecular flexibility index (Phi) is 3.71. The second-order valence-electron chi connectivity index (χ2n) is 5.67. The Bertz CT molecular complexity index is 808. The van der Waals surface area contributed by atoms with Crippen LogP contribution in [-0.2, 0) is 24.3 Å². The number of nitrogens with zero attached hydrogens (tertiary/aromatic N) is 3. The Morgan fingerprint density at radius 1 is 1.13 bits per heavy atom. The van der Waals surface area contributed by atoms with E-state index in [1.54, 1.807) is 11.3 Å². The van der Waals surface area contributed by atoms with Crippen LogP contribution in [0.4, 0.5) is 0 Å². The van der Waals surface area contributed by atoms with Gasteiger partial charge in [0.25, 0.3) is 0 Å². The Labute approximate surface area is 139 Å². The third-order valence-corrected chi connectivity index (χ3v) is 5.08. The van der Waals surface area contributed by atoms with Crippen molar-refractivity contribution in [3.63, 3.8) is 0 Å². The Hall–Kier alpha value is -2.40. The van der Waals surface area contributed by atoms with Crippen molar-refractivity contribution in [1.29, 1.82) is 0 Å². The van der Waals surface area contributed by atoms with Crippen molar-refractivity contribution >= 4 is 17.2 Å².